The van der Waals surface area contributed by atoms with Crippen molar-refractivity contribution in [1.29, 1.82) is 0 Å². The zero-order chi connectivity index (χ0) is 20.0. The highest BCUT2D eigenvalue weighted by Gasteiger charge is 2.25. The van der Waals surface area contributed by atoms with Gasteiger partial charge in [0.1, 0.15) is 0 Å². The Bertz CT molecular complexity index is 961. The molecule has 0 unspecified atom stereocenters. The topological polar surface area (TPSA) is 71.5 Å². The summed E-state index contributed by atoms with van der Waals surface area (Å²) in [6.07, 6.45) is 1.46. The van der Waals surface area contributed by atoms with Crippen LogP contribution >= 0.6 is 0 Å². The van der Waals surface area contributed by atoms with Gasteiger partial charge < -0.3 is 0 Å². The predicted octanol–water partition coefficient (Wildman–Crippen LogP) is 3.51. The van der Waals surface area contributed by atoms with E-state index in [1.807, 2.05) is 0 Å². The first-order valence-electron chi connectivity index (χ1n) is 8.27. The fraction of sp³-hybridized carbons (Fsp3) is 0.143. The second kappa shape index (κ2) is 8.70. The highest BCUT2D eigenvalue weighted by molar-refractivity contribution is 7.89. The van der Waals surface area contributed by atoms with Crippen LogP contribution in [0.15, 0.2) is 84.3 Å². The summed E-state index contributed by atoms with van der Waals surface area (Å²) in [6, 6.07) is 14.2. The Morgan fingerprint density at radius 1 is 1.00 bits per heavy atom. The first-order chi connectivity index (χ1) is 12.8. The van der Waals surface area contributed by atoms with Crippen LogP contribution in [0.5, 0.6) is 0 Å². The van der Waals surface area contributed by atoms with E-state index in [9.17, 15) is 18.0 Å². The van der Waals surface area contributed by atoms with Gasteiger partial charge in [-0.1, -0.05) is 55.1 Å². The highest BCUT2D eigenvalue weighted by Crippen LogP contribution is 2.18. The smallest absolute Gasteiger partial charge is 0.243 e. The molecular formula is C21H21NO4S. The van der Waals surface area contributed by atoms with E-state index in [1.165, 1.54) is 37.3 Å². The number of carbonyl (C=O) groups is 2. The molecule has 2 aromatic carbocycles. The van der Waals surface area contributed by atoms with Crippen molar-refractivity contribution in [2.45, 2.75) is 11.8 Å². The molecule has 0 saturated carbocycles. The number of sulfonamides is 1. The third-order valence-corrected chi connectivity index (χ3v) is 5.78. The van der Waals surface area contributed by atoms with Gasteiger partial charge >= 0.3 is 0 Å². The van der Waals surface area contributed by atoms with Crippen LogP contribution in [0.25, 0.3) is 0 Å². The minimum Gasteiger partial charge on any atom is -0.295 e. The Labute approximate surface area is 159 Å². The van der Waals surface area contributed by atoms with Gasteiger partial charge in [0.25, 0.3) is 0 Å². The molecule has 6 heteroatoms. The quantitative estimate of drug-likeness (QED) is 0.377. The normalized spacial score (nSPS) is 11.2. The lowest BCUT2D eigenvalue weighted by Gasteiger charge is -2.21. The van der Waals surface area contributed by atoms with E-state index in [2.05, 4.69) is 13.2 Å². The van der Waals surface area contributed by atoms with E-state index in [0.29, 0.717) is 11.1 Å². The molecule has 0 radical (unpaired) electrons. The maximum Gasteiger partial charge on any atom is 0.243 e. The molecule has 140 valence electrons. The Balaban J connectivity index is 2.22. The largest absolute Gasteiger partial charge is 0.295 e. The number of hydrogen-bond acceptors (Lipinski definition) is 4. The number of Topliss-reactive ketones (excluding diaryl/α,β-unsaturated/α-hetero) is 2. The summed E-state index contributed by atoms with van der Waals surface area (Å²) in [5.41, 5.74) is 0.977. The number of hydrogen-bond donors (Lipinski definition) is 0. The molecule has 2 aromatic rings. The van der Waals surface area contributed by atoms with Gasteiger partial charge in [-0.3, -0.25) is 9.59 Å². The second-order valence-electron chi connectivity index (χ2n) is 5.97. The van der Waals surface area contributed by atoms with Gasteiger partial charge in [-0.2, -0.15) is 4.31 Å². The van der Waals surface area contributed by atoms with Gasteiger partial charge in [-0.25, -0.2) is 8.42 Å². The number of carbonyl (C=O) groups excluding carboxylic acids is 2. The lowest BCUT2D eigenvalue weighted by Crippen LogP contribution is -2.34. The van der Waals surface area contributed by atoms with Gasteiger partial charge in [0, 0.05) is 29.8 Å². The van der Waals surface area contributed by atoms with Gasteiger partial charge in [0.2, 0.25) is 10.0 Å². The van der Waals surface area contributed by atoms with Crippen LogP contribution in [0.1, 0.15) is 27.6 Å². The summed E-state index contributed by atoms with van der Waals surface area (Å²) in [6.45, 7) is 8.69. The Hall–Kier alpha value is -2.83. The van der Waals surface area contributed by atoms with Crippen molar-refractivity contribution in [2.24, 2.45) is 0 Å². The third-order valence-electron chi connectivity index (χ3n) is 3.96. The van der Waals surface area contributed by atoms with Crippen LogP contribution in [0.4, 0.5) is 0 Å². The zero-order valence-corrected chi connectivity index (χ0v) is 15.9. The predicted molar refractivity (Wildman–Crippen MR) is 105 cm³/mol. The first-order valence-corrected chi connectivity index (χ1v) is 9.71. The van der Waals surface area contributed by atoms with Gasteiger partial charge in [-0.15, -0.1) is 6.58 Å². The first kappa shape index (κ1) is 20.5. The standard InChI is InChI=1S/C21H21NO4S/c1-4-14-22(27(25,26)20-8-6-5-7-9-20)15-16(2)21(24)19-12-10-18(11-13-19)17(3)23/h4-13H,1-2,14-15H2,3H3. The molecule has 0 atom stereocenters. The molecule has 27 heavy (non-hydrogen) atoms. The van der Waals surface area contributed by atoms with Crippen molar-refractivity contribution < 1.29 is 18.0 Å². The zero-order valence-electron chi connectivity index (χ0n) is 15.1. The average molecular weight is 383 g/mol. The summed E-state index contributed by atoms with van der Waals surface area (Å²) in [5, 5.41) is 0. The molecule has 0 aliphatic rings. The molecule has 0 saturated heterocycles. The van der Waals surface area contributed by atoms with Crippen LogP contribution in [0.2, 0.25) is 0 Å². The van der Waals surface area contributed by atoms with Crippen molar-refractivity contribution >= 4 is 21.6 Å². The molecule has 0 aliphatic heterocycles. The minimum atomic E-state index is -3.79. The van der Waals surface area contributed by atoms with Crippen molar-refractivity contribution in [3.05, 3.63) is 90.5 Å². The summed E-state index contributed by atoms with van der Waals surface area (Å²) in [7, 11) is -3.79. The molecule has 2 rings (SSSR count). The molecule has 0 amide bonds. The van der Waals surface area contributed by atoms with Crippen LogP contribution in [-0.4, -0.2) is 37.4 Å². The fourth-order valence-electron chi connectivity index (χ4n) is 2.48. The van der Waals surface area contributed by atoms with E-state index >= 15 is 0 Å². The molecule has 0 fully saturated rings. The number of nitrogens with zero attached hydrogens (tertiary/aromatic N) is 1. The molecule has 0 spiro atoms. The SMILES string of the molecule is C=CCN(CC(=C)C(=O)c1ccc(C(C)=O)cc1)S(=O)(=O)c1ccccc1. The molecule has 0 bridgehead atoms. The average Bonchev–Trinajstić information content (AvgIpc) is 2.67. The van der Waals surface area contributed by atoms with Crippen LogP contribution in [0.3, 0.4) is 0 Å². The van der Waals surface area contributed by atoms with Crippen molar-refractivity contribution in [3.8, 4) is 0 Å². The number of ketones is 2. The maximum absolute atomic E-state index is 12.8. The van der Waals surface area contributed by atoms with E-state index in [1.54, 1.807) is 30.3 Å². The molecular weight excluding hydrogens is 362 g/mol. The summed E-state index contributed by atoms with van der Waals surface area (Å²) in [4.78, 5) is 24.1. The lowest BCUT2D eigenvalue weighted by atomic mass is 10.0. The van der Waals surface area contributed by atoms with E-state index < -0.39 is 10.0 Å². The van der Waals surface area contributed by atoms with Crippen molar-refractivity contribution in [1.82, 2.24) is 4.31 Å². The number of benzene rings is 2. The van der Waals surface area contributed by atoms with Crippen molar-refractivity contribution in [2.75, 3.05) is 13.1 Å². The molecule has 0 aromatic heterocycles. The second-order valence-corrected chi connectivity index (χ2v) is 7.90. The Morgan fingerprint density at radius 3 is 2.07 bits per heavy atom. The van der Waals surface area contributed by atoms with Gasteiger partial charge in [0.05, 0.1) is 4.90 Å². The number of rotatable bonds is 9. The van der Waals surface area contributed by atoms with Crippen LogP contribution in [-0.2, 0) is 10.0 Å². The lowest BCUT2D eigenvalue weighted by molar-refractivity contribution is 0.101. The fourth-order valence-corrected chi connectivity index (χ4v) is 3.90. The Kier molecular flexibility index (Phi) is 6.60. The molecule has 0 N–H and O–H groups in total. The van der Waals surface area contributed by atoms with E-state index in [0.717, 1.165) is 4.31 Å². The highest BCUT2D eigenvalue weighted by atomic mass is 32.2. The minimum absolute atomic E-state index is 0.0484. The Morgan fingerprint density at radius 2 is 1.56 bits per heavy atom. The van der Waals surface area contributed by atoms with Gasteiger partial charge in [-0.05, 0) is 19.1 Å². The van der Waals surface area contributed by atoms with Crippen LogP contribution in [0, 0.1) is 0 Å². The monoisotopic (exact) mass is 383 g/mol. The summed E-state index contributed by atoms with van der Waals surface area (Å²) >= 11 is 0. The third kappa shape index (κ3) is 4.87. The van der Waals surface area contributed by atoms with Crippen LogP contribution < -0.4 is 0 Å². The molecule has 5 nitrogen and oxygen atoms in total. The van der Waals surface area contributed by atoms with Gasteiger partial charge in [0.15, 0.2) is 11.6 Å². The van der Waals surface area contributed by atoms with Crippen molar-refractivity contribution in [3.63, 3.8) is 0 Å². The summed E-state index contributed by atoms with van der Waals surface area (Å²) in [5.74, 6) is -0.471. The molecule has 0 heterocycles. The molecule has 0 aliphatic carbocycles. The van der Waals surface area contributed by atoms with E-state index in [4.69, 9.17) is 0 Å². The summed E-state index contributed by atoms with van der Waals surface area (Å²) < 4.78 is 26.8. The van der Waals surface area contributed by atoms with E-state index in [-0.39, 0.29) is 35.1 Å². The maximum atomic E-state index is 12.8.